The Morgan fingerprint density at radius 1 is 1.04 bits per heavy atom. The third-order valence-electron chi connectivity index (χ3n) is 4.15. The molecule has 3 rings (SSSR count). The summed E-state index contributed by atoms with van der Waals surface area (Å²) in [7, 11) is 3.76. The van der Waals surface area contributed by atoms with Crippen molar-refractivity contribution >= 4 is 23.5 Å². The standard InChI is InChI=1S/C20H20N2O4/c1-13-5-4-6-15(11-13)22-18(23)16-8-7-14(12-17(16)19(22)24)20(25)26-10-9-21(2)3/h4-8,11-12H,9-10H2,1-3H3. The lowest BCUT2D eigenvalue weighted by Gasteiger charge is -2.14. The highest BCUT2D eigenvalue weighted by molar-refractivity contribution is 6.34. The minimum absolute atomic E-state index is 0.221. The van der Waals surface area contributed by atoms with Gasteiger partial charge in [0.1, 0.15) is 6.61 Å². The number of benzene rings is 2. The van der Waals surface area contributed by atoms with Gasteiger partial charge >= 0.3 is 5.97 Å². The average Bonchev–Trinajstić information content (AvgIpc) is 2.85. The third kappa shape index (κ3) is 3.36. The summed E-state index contributed by atoms with van der Waals surface area (Å²) in [5, 5.41) is 0. The monoisotopic (exact) mass is 352 g/mol. The van der Waals surface area contributed by atoms with Gasteiger partial charge in [0.05, 0.1) is 22.4 Å². The molecular weight excluding hydrogens is 332 g/mol. The highest BCUT2D eigenvalue weighted by atomic mass is 16.5. The Hall–Kier alpha value is -2.99. The van der Waals surface area contributed by atoms with Crippen molar-refractivity contribution in [3.63, 3.8) is 0 Å². The summed E-state index contributed by atoms with van der Waals surface area (Å²) in [5.41, 5.74) is 2.24. The quantitative estimate of drug-likeness (QED) is 0.611. The smallest absolute Gasteiger partial charge is 0.338 e. The normalized spacial score (nSPS) is 13.3. The van der Waals surface area contributed by atoms with E-state index < -0.39 is 11.9 Å². The van der Waals surface area contributed by atoms with Gasteiger partial charge in [-0.05, 0) is 56.9 Å². The number of amides is 2. The van der Waals surface area contributed by atoms with Gasteiger partial charge in [0.2, 0.25) is 0 Å². The first-order chi connectivity index (χ1) is 12.4. The van der Waals surface area contributed by atoms with Gasteiger partial charge in [-0.3, -0.25) is 9.59 Å². The second-order valence-corrected chi connectivity index (χ2v) is 6.48. The van der Waals surface area contributed by atoms with Crippen LogP contribution in [0.25, 0.3) is 0 Å². The van der Waals surface area contributed by atoms with Crippen LogP contribution in [0, 0.1) is 6.92 Å². The number of aryl methyl sites for hydroxylation is 1. The maximum atomic E-state index is 12.7. The molecule has 1 aliphatic heterocycles. The molecule has 0 aromatic heterocycles. The molecule has 2 aromatic rings. The number of likely N-dealkylation sites (N-methyl/N-ethyl adjacent to an activating group) is 1. The Balaban J connectivity index is 1.85. The van der Waals surface area contributed by atoms with Crippen LogP contribution in [0.4, 0.5) is 5.69 Å². The molecule has 0 radical (unpaired) electrons. The fraction of sp³-hybridized carbons (Fsp3) is 0.250. The van der Waals surface area contributed by atoms with Gasteiger partial charge in [-0.1, -0.05) is 12.1 Å². The van der Waals surface area contributed by atoms with E-state index in [2.05, 4.69) is 0 Å². The number of hydrogen-bond acceptors (Lipinski definition) is 5. The minimum atomic E-state index is -0.510. The van der Waals surface area contributed by atoms with E-state index in [4.69, 9.17) is 4.74 Å². The third-order valence-corrected chi connectivity index (χ3v) is 4.15. The van der Waals surface area contributed by atoms with Crippen LogP contribution < -0.4 is 4.90 Å². The number of ether oxygens (including phenoxy) is 1. The van der Waals surface area contributed by atoms with Gasteiger partial charge in [-0.15, -0.1) is 0 Å². The number of nitrogens with zero attached hydrogens (tertiary/aromatic N) is 2. The Morgan fingerprint density at radius 3 is 2.46 bits per heavy atom. The average molecular weight is 352 g/mol. The lowest BCUT2D eigenvalue weighted by molar-refractivity contribution is 0.0481. The van der Waals surface area contributed by atoms with Gasteiger partial charge in [-0.25, -0.2) is 9.69 Å². The number of carbonyl (C=O) groups is 3. The molecular formula is C20H20N2O4. The Morgan fingerprint density at radius 2 is 1.77 bits per heavy atom. The van der Waals surface area contributed by atoms with E-state index in [0.29, 0.717) is 17.8 Å². The molecule has 0 saturated heterocycles. The molecule has 2 amide bonds. The molecule has 0 aliphatic carbocycles. The van der Waals surface area contributed by atoms with Crippen molar-refractivity contribution in [2.24, 2.45) is 0 Å². The van der Waals surface area contributed by atoms with E-state index in [1.807, 2.05) is 32.0 Å². The second-order valence-electron chi connectivity index (χ2n) is 6.48. The summed E-state index contributed by atoms with van der Waals surface area (Å²) >= 11 is 0. The zero-order chi connectivity index (χ0) is 18.8. The van der Waals surface area contributed by atoms with Crippen LogP contribution >= 0.6 is 0 Å². The van der Waals surface area contributed by atoms with Crippen molar-refractivity contribution in [3.8, 4) is 0 Å². The summed E-state index contributed by atoms with van der Waals surface area (Å²) in [5.74, 6) is -1.33. The first-order valence-corrected chi connectivity index (χ1v) is 8.30. The Kier molecular flexibility index (Phi) is 4.86. The maximum Gasteiger partial charge on any atom is 0.338 e. The highest BCUT2D eigenvalue weighted by Crippen LogP contribution is 2.29. The summed E-state index contributed by atoms with van der Waals surface area (Å²) in [6.45, 7) is 2.75. The molecule has 1 aliphatic rings. The summed E-state index contributed by atoms with van der Waals surface area (Å²) in [6.07, 6.45) is 0. The zero-order valence-corrected chi connectivity index (χ0v) is 15.0. The van der Waals surface area contributed by atoms with Crippen molar-refractivity contribution in [2.45, 2.75) is 6.92 Å². The lowest BCUT2D eigenvalue weighted by atomic mass is 10.1. The van der Waals surface area contributed by atoms with E-state index in [-0.39, 0.29) is 23.6 Å². The van der Waals surface area contributed by atoms with Crippen LogP contribution in [0.1, 0.15) is 36.6 Å². The lowest BCUT2D eigenvalue weighted by Crippen LogP contribution is -2.29. The number of rotatable bonds is 5. The second kappa shape index (κ2) is 7.09. The molecule has 0 spiro atoms. The van der Waals surface area contributed by atoms with Gasteiger partial charge in [-0.2, -0.15) is 0 Å². The Bertz CT molecular complexity index is 889. The number of anilines is 1. The SMILES string of the molecule is Cc1cccc(N2C(=O)c3ccc(C(=O)OCCN(C)C)cc3C2=O)c1. The van der Waals surface area contributed by atoms with E-state index in [1.165, 1.54) is 18.2 Å². The van der Waals surface area contributed by atoms with Crippen molar-refractivity contribution in [1.29, 1.82) is 0 Å². The van der Waals surface area contributed by atoms with E-state index in [9.17, 15) is 14.4 Å². The van der Waals surface area contributed by atoms with E-state index in [0.717, 1.165) is 10.5 Å². The molecule has 1 heterocycles. The molecule has 0 unspecified atom stereocenters. The first-order valence-electron chi connectivity index (χ1n) is 8.30. The molecule has 6 nitrogen and oxygen atoms in total. The minimum Gasteiger partial charge on any atom is -0.461 e. The predicted molar refractivity (Wildman–Crippen MR) is 97.6 cm³/mol. The van der Waals surface area contributed by atoms with Crippen LogP contribution in [0.15, 0.2) is 42.5 Å². The summed E-state index contributed by atoms with van der Waals surface area (Å²) in [4.78, 5) is 40.6. The van der Waals surface area contributed by atoms with Crippen molar-refractivity contribution in [1.82, 2.24) is 4.90 Å². The number of carbonyl (C=O) groups excluding carboxylic acids is 3. The van der Waals surface area contributed by atoms with Crippen molar-refractivity contribution < 1.29 is 19.1 Å². The van der Waals surface area contributed by atoms with Gasteiger partial charge < -0.3 is 9.64 Å². The molecule has 134 valence electrons. The van der Waals surface area contributed by atoms with E-state index >= 15 is 0 Å². The number of esters is 1. The van der Waals surface area contributed by atoms with Gasteiger partial charge in [0.15, 0.2) is 0 Å². The number of imide groups is 1. The molecule has 2 aromatic carbocycles. The first kappa shape index (κ1) is 17.8. The number of fused-ring (bicyclic) bond motifs is 1. The molecule has 6 heteroatoms. The molecule has 0 bridgehead atoms. The molecule has 0 N–H and O–H groups in total. The summed E-state index contributed by atoms with van der Waals surface area (Å²) < 4.78 is 5.20. The molecule has 0 atom stereocenters. The molecule has 0 fully saturated rings. The van der Waals surface area contributed by atoms with Crippen LogP contribution in [0.2, 0.25) is 0 Å². The topological polar surface area (TPSA) is 66.9 Å². The van der Waals surface area contributed by atoms with Crippen LogP contribution in [0.5, 0.6) is 0 Å². The Labute approximate surface area is 152 Å². The maximum absolute atomic E-state index is 12.7. The zero-order valence-electron chi connectivity index (χ0n) is 15.0. The van der Waals surface area contributed by atoms with Crippen LogP contribution in [0.3, 0.4) is 0 Å². The van der Waals surface area contributed by atoms with Gasteiger partial charge in [0.25, 0.3) is 11.8 Å². The molecule has 0 saturated carbocycles. The summed E-state index contributed by atoms with van der Waals surface area (Å²) in [6, 6.07) is 11.6. The van der Waals surface area contributed by atoms with Crippen molar-refractivity contribution in [3.05, 3.63) is 64.7 Å². The van der Waals surface area contributed by atoms with E-state index in [1.54, 1.807) is 18.2 Å². The predicted octanol–water partition coefficient (Wildman–Crippen LogP) is 2.51. The molecule has 26 heavy (non-hydrogen) atoms. The van der Waals surface area contributed by atoms with Crippen LogP contribution in [-0.2, 0) is 4.74 Å². The fourth-order valence-corrected chi connectivity index (χ4v) is 2.77. The largest absolute Gasteiger partial charge is 0.461 e. The van der Waals surface area contributed by atoms with Crippen molar-refractivity contribution in [2.75, 3.05) is 32.1 Å². The fourth-order valence-electron chi connectivity index (χ4n) is 2.77. The number of hydrogen-bond donors (Lipinski definition) is 0. The van der Waals surface area contributed by atoms with Crippen LogP contribution in [-0.4, -0.2) is 49.9 Å². The van der Waals surface area contributed by atoms with Gasteiger partial charge in [0, 0.05) is 6.54 Å². The highest BCUT2D eigenvalue weighted by Gasteiger charge is 2.37.